The Hall–Kier alpha value is -1.29. The summed E-state index contributed by atoms with van der Waals surface area (Å²) in [7, 11) is 3.64. The van der Waals surface area contributed by atoms with Crippen LogP contribution < -0.4 is 10.6 Å². The van der Waals surface area contributed by atoms with E-state index < -0.39 is 0 Å². The van der Waals surface area contributed by atoms with Crippen molar-refractivity contribution in [2.24, 2.45) is 0 Å². The molecule has 1 heterocycles. The fourth-order valence-electron chi connectivity index (χ4n) is 1.45. The van der Waals surface area contributed by atoms with E-state index in [1.54, 1.807) is 7.11 Å². The first-order valence-electron chi connectivity index (χ1n) is 5.72. The van der Waals surface area contributed by atoms with Crippen LogP contribution in [0.4, 0.5) is 11.4 Å². The molecule has 0 aromatic carbocycles. The van der Waals surface area contributed by atoms with E-state index in [9.17, 15) is 0 Å². The number of aromatic nitrogens is 1. The van der Waals surface area contributed by atoms with Crippen LogP contribution in [0, 0.1) is 0 Å². The number of ether oxygens (including phenoxy) is 1. The number of nitrogens with one attached hydrogen (secondary N) is 2. The van der Waals surface area contributed by atoms with Crippen LogP contribution in [-0.4, -0.2) is 32.3 Å². The highest BCUT2D eigenvalue weighted by Crippen LogP contribution is 2.12. The third kappa shape index (κ3) is 4.98. The van der Waals surface area contributed by atoms with Gasteiger partial charge in [-0.05, 0) is 25.3 Å². The van der Waals surface area contributed by atoms with Crippen LogP contribution in [0.1, 0.15) is 19.3 Å². The first-order valence-corrected chi connectivity index (χ1v) is 5.72. The molecule has 0 fully saturated rings. The van der Waals surface area contributed by atoms with E-state index in [2.05, 4.69) is 21.7 Å². The lowest BCUT2D eigenvalue weighted by Crippen LogP contribution is -2.03. The van der Waals surface area contributed by atoms with Crippen LogP contribution in [0.5, 0.6) is 0 Å². The summed E-state index contributed by atoms with van der Waals surface area (Å²) in [6.07, 6.45) is 7.14. The number of rotatable bonds is 8. The van der Waals surface area contributed by atoms with Crippen LogP contribution >= 0.6 is 0 Å². The maximum absolute atomic E-state index is 5.00. The number of hydrogen-bond donors (Lipinski definition) is 2. The summed E-state index contributed by atoms with van der Waals surface area (Å²) in [5.41, 5.74) is 2.10. The molecule has 0 aliphatic heterocycles. The lowest BCUT2D eigenvalue weighted by atomic mass is 10.2. The average Bonchev–Trinajstić information content (AvgIpc) is 2.34. The molecule has 0 aliphatic rings. The van der Waals surface area contributed by atoms with Gasteiger partial charge in [0.05, 0.1) is 23.8 Å². The molecule has 16 heavy (non-hydrogen) atoms. The van der Waals surface area contributed by atoms with Crippen molar-refractivity contribution in [3.63, 3.8) is 0 Å². The van der Waals surface area contributed by atoms with Crippen LogP contribution in [0.15, 0.2) is 18.5 Å². The highest BCUT2D eigenvalue weighted by molar-refractivity contribution is 5.53. The lowest BCUT2D eigenvalue weighted by molar-refractivity contribution is 0.192. The van der Waals surface area contributed by atoms with Crippen molar-refractivity contribution in [3.8, 4) is 0 Å². The van der Waals surface area contributed by atoms with Gasteiger partial charge >= 0.3 is 0 Å². The Balaban J connectivity index is 2.16. The Kier molecular flexibility index (Phi) is 6.33. The van der Waals surface area contributed by atoms with Crippen LogP contribution in [-0.2, 0) is 4.74 Å². The second-order valence-corrected chi connectivity index (χ2v) is 3.69. The third-order valence-corrected chi connectivity index (χ3v) is 2.38. The van der Waals surface area contributed by atoms with Gasteiger partial charge < -0.3 is 15.4 Å². The van der Waals surface area contributed by atoms with Crippen molar-refractivity contribution >= 4 is 11.4 Å². The topological polar surface area (TPSA) is 46.2 Å². The number of pyridine rings is 1. The summed E-state index contributed by atoms with van der Waals surface area (Å²) in [6.45, 7) is 1.84. The largest absolute Gasteiger partial charge is 0.387 e. The molecule has 1 aromatic heterocycles. The molecular formula is C12H21N3O. The van der Waals surface area contributed by atoms with Gasteiger partial charge in [-0.1, -0.05) is 0 Å². The number of nitrogens with zero attached hydrogens (tertiary/aromatic N) is 1. The predicted octanol–water partition coefficient (Wildman–Crippen LogP) is 2.35. The molecule has 1 aromatic rings. The average molecular weight is 223 g/mol. The summed E-state index contributed by atoms with van der Waals surface area (Å²) >= 11 is 0. The molecule has 1 rings (SSSR count). The zero-order valence-electron chi connectivity index (χ0n) is 10.1. The first kappa shape index (κ1) is 12.8. The molecule has 0 saturated carbocycles. The molecular weight excluding hydrogens is 202 g/mol. The van der Waals surface area contributed by atoms with Crippen LogP contribution in [0.25, 0.3) is 0 Å². The van der Waals surface area contributed by atoms with Gasteiger partial charge in [-0.2, -0.15) is 0 Å². The lowest BCUT2D eigenvalue weighted by Gasteiger charge is -2.07. The zero-order valence-corrected chi connectivity index (χ0v) is 10.1. The first-order chi connectivity index (χ1) is 7.86. The van der Waals surface area contributed by atoms with E-state index >= 15 is 0 Å². The fraction of sp³-hybridized carbons (Fsp3) is 0.583. The van der Waals surface area contributed by atoms with Gasteiger partial charge in [-0.3, -0.25) is 4.98 Å². The van der Waals surface area contributed by atoms with Crippen molar-refractivity contribution in [2.75, 3.05) is 37.9 Å². The number of unbranched alkanes of at least 4 members (excludes halogenated alkanes) is 2. The Morgan fingerprint density at radius 1 is 1.19 bits per heavy atom. The van der Waals surface area contributed by atoms with E-state index in [4.69, 9.17) is 4.74 Å². The molecule has 90 valence electrons. The van der Waals surface area contributed by atoms with Gasteiger partial charge in [-0.15, -0.1) is 0 Å². The molecule has 0 bridgehead atoms. The highest BCUT2D eigenvalue weighted by Gasteiger charge is 1.94. The minimum Gasteiger partial charge on any atom is -0.387 e. The Morgan fingerprint density at radius 3 is 2.75 bits per heavy atom. The Bertz CT molecular complexity index is 291. The van der Waals surface area contributed by atoms with Gasteiger partial charge in [0.2, 0.25) is 0 Å². The summed E-state index contributed by atoms with van der Waals surface area (Å²) in [4.78, 5) is 4.14. The Morgan fingerprint density at radius 2 is 2.00 bits per heavy atom. The zero-order chi connectivity index (χ0) is 11.6. The Labute approximate surface area is 97.4 Å². The van der Waals surface area contributed by atoms with E-state index in [1.807, 2.05) is 19.4 Å². The van der Waals surface area contributed by atoms with Gasteiger partial charge in [0, 0.05) is 27.3 Å². The molecule has 2 N–H and O–H groups in total. The fourth-order valence-corrected chi connectivity index (χ4v) is 1.45. The van der Waals surface area contributed by atoms with Crippen molar-refractivity contribution < 1.29 is 4.74 Å². The second-order valence-electron chi connectivity index (χ2n) is 3.69. The molecule has 0 saturated heterocycles. The quantitative estimate of drug-likeness (QED) is 0.664. The normalized spacial score (nSPS) is 10.1. The predicted molar refractivity (Wildman–Crippen MR) is 68.0 cm³/mol. The van der Waals surface area contributed by atoms with Crippen LogP contribution in [0.2, 0.25) is 0 Å². The van der Waals surface area contributed by atoms with Gasteiger partial charge in [0.15, 0.2) is 0 Å². The molecule has 4 heteroatoms. The second kappa shape index (κ2) is 7.93. The van der Waals surface area contributed by atoms with Crippen molar-refractivity contribution in [1.82, 2.24) is 4.98 Å². The molecule has 0 aliphatic carbocycles. The van der Waals surface area contributed by atoms with Crippen molar-refractivity contribution in [3.05, 3.63) is 18.5 Å². The summed E-state index contributed by atoms with van der Waals surface area (Å²) in [5, 5.41) is 6.42. The van der Waals surface area contributed by atoms with E-state index in [0.717, 1.165) is 37.4 Å². The van der Waals surface area contributed by atoms with Gasteiger partial charge in [-0.25, -0.2) is 0 Å². The van der Waals surface area contributed by atoms with Crippen molar-refractivity contribution in [1.29, 1.82) is 0 Å². The minimum atomic E-state index is 0.858. The summed E-state index contributed by atoms with van der Waals surface area (Å²) < 4.78 is 5.00. The molecule has 0 spiro atoms. The monoisotopic (exact) mass is 223 g/mol. The highest BCUT2D eigenvalue weighted by atomic mass is 16.5. The van der Waals surface area contributed by atoms with Crippen LogP contribution in [0.3, 0.4) is 0 Å². The molecule has 0 amide bonds. The molecule has 0 unspecified atom stereocenters. The maximum Gasteiger partial charge on any atom is 0.0547 e. The molecule has 0 atom stereocenters. The van der Waals surface area contributed by atoms with E-state index in [0.29, 0.717) is 0 Å². The standard InChI is InChI=1S/C12H21N3O/c1-13-11-8-12(10-14-9-11)15-6-4-3-5-7-16-2/h8-10,13,15H,3-7H2,1-2H3. The number of hydrogen-bond acceptors (Lipinski definition) is 4. The minimum absolute atomic E-state index is 0.858. The molecule has 0 radical (unpaired) electrons. The third-order valence-electron chi connectivity index (χ3n) is 2.38. The molecule has 4 nitrogen and oxygen atoms in total. The number of anilines is 2. The van der Waals surface area contributed by atoms with Gasteiger partial charge in [0.25, 0.3) is 0 Å². The van der Waals surface area contributed by atoms with E-state index in [-0.39, 0.29) is 0 Å². The van der Waals surface area contributed by atoms with Crippen molar-refractivity contribution in [2.45, 2.75) is 19.3 Å². The smallest absolute Gasteiger partial charge is 0.0547 e. The summed E-state index contributed by atoms with van der Waals surface area (Å²) in [6, 6.07) is 2.06. The number of methoxy groups -OCH3 is 1. The maximum atomic E-state index is 5.00. The SMILES string of the molecule is CNc1cncc(NCCCCCOC)c1. The summed E-state index contributed by atoms with van der Waals surface area (Å²) in [5.74, 6) is 0. The van der Waals surface area contributed by atoms with E-state index in [1.165, 1.54) is 6.42 Å². The van der Waals surface area contributed by atoms with Gasteiger partial charge in [0.1, 0.15) is 0 Å².